The number of aliphatic imine (C=N–C) groups is 1. The Balaban J connectivity index is 0.00000512. The van der Waals surface area contributed by atoms with Crippen LogP contribution < -0.4 is 25.2 Å². The molecule has 0 radical (unpaired) electrons. The summed E-state index contributed by atoms with van der Waals surface area (Å²) >= 11 is 0. The van der Waals surface area contributed by atoms with Crippen molar-refractivity contribution in [1.82, 2.24) is 10.6 Å². The highest BCUT2D eigenvalue weighted by atomic mass is 127. The first kappa shape index (κ1) is 28.0. The quantitative estimate of drug-likeness (QED) is 0.215. The number of primary sulfonamides is 1. The molecule has 0 heterocycles. The molecule has 4 N–H and O–H groups in total. The van der Waals surface area contributed by atoms with Crippen LogP contribution in [-0.2, 0) is 23.0 Å². The van der Waals surface area contributed by atoms with Crippen molar-refractivity contribution in [3.05, 3.63) is 53.6 Å². The lowest BCUT2D eigenvalue weighted by Gasteiger charge is -2.14. The minimum Gasteiger partial charge on any atom is -0.490 e. The van der Waals surface area contributed by atoms with E-state index in [1.165, 1.54) is 12.1 Å². The molecule has 10 heteroatoms. The van der Waals surface area contributed by atoms with Gasteiger partial charge in [-0.2, -0.15) is 0 Å². The molecule has 2 rings (SSSR count). The molecule has 0 fully saturated rings. The van der Waals surface area contributed by atoms with Crippen molar-refractivity contribution in [2.24, 2.45) is 10.1 Å². The predicted molar refractivity (Wildman–Crippen MR) is 139 cm³/mol. The Kier molecular flexibility index (Phi) is 12.4. The van der Waals surface area contributed by atoms with Crippen LogP contribution in [0.5, 0.6) is 11.5 Å². The van der Waals surface area contributed by atoms with Gasteiger partial charge in [0, 0.05) is 13.1 Å². The summed E-state index contributed by atoms with van der Waals surface area (Å²) in [5.41, 5.74) is 2.02. The molecule has 0 aliphatic carbocycles. The average Bonchev–Trinajstić information content (AvgIpc) is 2.74. The highest BCUT2D eigenvalue weighted by Crippen LogP contribution is 2.28. The summed E-state index contributed by atoms with van der Waals surface area (Å²) in [4.78, 5) is 4.65. The van der Waals surface area contributed by atoms with Crippen LogP contribution in [0.4, 0.5) is 0 Å². The summed E-state index contributed by atoms with van der Waals surface area (Å²) in [6.45, 7) is 8.90. The van der Waals surface area contributed by atoms with Crippen LogP contribution in [0.2, 0.25) is 0 Å². The molecule has 0 aliphatic heterocycles. The van der Waals surface area contributed by atoms with Gasteiger partial charge in [0.1, 0.15) is 0 Å². The molecule has 0 aromatic heterocycles. The lowest BCUT2D eigenvalue weighted by Crippen LogP contribution is -2.38. The van der Waals surface area contributed by atoms with E-state index in [-0.39, 0.29) is 28.9 Å². The van der Waals surface area contributed by atoms with E-state index in [4.69, 9.17) is 14.6 Å². The van der Waals surface area contributed by atoms with E-state index < -0.39 is 10.0 Å². The number of sulfonamides is 1. The summed E-state index contributed by atoms with van der Waals surface area (Å²) < 4.78 is 34.0. The monoisotopic (exact) mass is 576 g/mol. The molecule has 8 nitrogen and oxygen atoms in total. The summed E-state index contributed by atoms with van der Waals surface area (Å²) in [5.74, 6) is 2.20. The van der Waals surface area contributed by atoms with E-state index in [0.717, 1.165) is 35.6 Å². The van der Waals surface area contributed by atoms with Gasteiger partial charge in [0.2, 0.25) is 10.0 Å². The Morgan fingerprint density at radius 3 is 2.16 bits per heavy atom. The van der Waals surface area contributed by atoms with Crippen molar-refractivity contribution in [1.29, 1.82) is 0 Å². The summed E-state index contributed by atoms with van der Waals surface area (Å²) in [7, 11) is -3.69. The second kappa shape index (κ2) is 14.2. The number of rotatable bonds is 11. The molecule has 0 atom stereocenters. The first-order valence-electron chi connectivity index (χ1n) is 10.4. The van der Waals surface area contributed by atoms with Crippen molar-refractivity contribution in [2.75, 3.05) is 26.3 Å². The zero-order chi connectivity index (χ0) is 22.7. The van der Waals surface area contributed by atoms with Gasteiger partial charge in [-0.1, -0.05) is 18.2 Å². The van der Waals surface area contributed by atoms with E-state index in [2.05, 4.69) is 15.6 Å². The van der Waals surface area contributed by atoms with Gasteiger partial charge in [-0.25, -0.2) is 18.5 Å². The summed E-state index contributed by atoms with van der Waals surface area (Å²) in [6.07, 6.45) is 0.792. The molecule has 178 valence electrons. The van der Waals surface area contributed by atoms with Crippen LogP contribution in [0.1, 0.15) is 31.9 Å². The summed E-state index contributed by atoms with van der Waals surface area (Å²) in [6, 6.07) is 12.4. The number of nitrogens with two attached hydrogens (primary N) is 1. The molecule has 0 aliphatic rings. The molecule has 0 saturated carbocycles. The third kappa shape index (κ3) is 9.21. The van der Waals surface area contributed by atoms with Crippen molar-refractivity contribution in [3.63, 3.8) is 0 Å². The predicted octanol–water partition coefficient (Wildman–Crippen LogP) is 3.05. The van der Waals surface area contributed by atoms with E-state index in [1.54, 1.807) is 12.1 Å². The molecule has 0 bridgehead atoms. The highest BCUT2D eigenvalue weighted by molar-refractivity contribution is 14.0. The van der Waals surface area contributed by atoms with Gasteiger partial charge in [0.25, 0.3) is 0 Å². The minimum atomic E-state index is -3.69. The maximum Gasteiger partial charge on any atom is 0.238 e. The number of guanidine groups is 1. The van der Waals surface area contributed by atoms with Gasteiger partial charge < -0.3 is 20.1 Å². The maximum absolute atomic E-state index is 11.4. The Morgan fingerprint density at radius 2 is 1.56 bits per heavy atom. The van der Waals surface area contributed by atoms with Crippen LogP contribution in [0.25, 0.3) is 0 Å². The van der Waals surface area contributed by atoms with Gasteiger partial charge in [-0.05, 0) is 62.6 Å². The Hall–Kier alpha value is -2.05. The number of benzene rings is 2. The lowest BCUT2D eigenvalue weighted by atomic mass is 10.1. The smallest absolute Gasteiger partial charge is 0.238 e. The molecule has 2 aromatic carbocycles. The average molecular weight is 577 g/mol. The SMILES string of the molecule is CCNC(=NCc1ccc(S(N)(=O)=O)cc1)NCCc1ccc(OCC)c(OCC)c1.I. The van der Waals surface area contributed by atoms with Crippen molar-refractivity contribution in [3.8, 4) is 11.5 Å². The second-order valence-corrected chi connectivity index (χ2v) is 8.27. The van der Waals surface area contributed by atoms with E-state index in [1.807, 2.05) is 39.0 Å². The van der Waals surface area contributed by atoms with E-state index in [9.17, 15) is 8.42 Å². The first-order chi connectivity index (χ1) is 14.9. The van der Waals surface area contributed by atoms with Gasteiger partial charge in [-0.15, -0.1) is 24.0 Å². The topological polar surface area (TPSA) is 115 Å². The van der Waals surface area contributed by atoms with Crippen LogP contribution in [0, 0.1) is 0 Å². The first-order valence-corrected chi connectivity index (χ1v) is 11.9. The fourth-order valence-electron chi connectivity index (χ4n) is 2.87. The lowest BCUT2D eigenvalue weighted by molar-refractivity contribution is 0.287. The standard InChI is InChI=1S/C22H32N4O4S.HI/c1-4-24-22(26-16-18-7-10-19(11-8-18)31(23,27)28)25-14-13-17-9-12-20(29-5-2)21(15-17)30-6-3;/h7-12,15H,4-6,13-14,16H2,1-3H3,(H2,23,27,28)(H2,24,25,26);1H. The zero-order valence-corrected chi connectivity index (χ0v) is 21.9. The van der Waals surface area contributed by atoms with Gasteiger partial charge in [0.05, 0.1) is 24.7 Å². The molecule has 0 amide bonds. The Labute approximate surface area is 208 Å². The molecular formula is C22H33IN4O4S. The fourth-order valence-corrected chi connectivity index (χ4v) is 3.39. The molecule has 2 aromatic rings. The summed E-state index contributed by atoms with van der Waals surface area (Å²) in [5, 5.41) is 11.7. The van der Waals surface area contributed by atoms with E-state index >= 15 is 0 Å². The highest BCUT2D eigenvalue weighted by Gasteiger charge is 2.08. The van der Waals surface area contributed by atoms with Crippen molar-refractivity contribution >= 4 is 40.0 Å². The molecule has 0 unspecified atom stereocenters. The molecular weight excluding hydrogens is 543 g/mol. The van der Waals surface area contributed by atoms with Crippen LogP contribution in [0.3, 0.4) is 0 Å². The zero-order valence-electron chi connectivity index (χ0n) is 18.8. The Bertz CT molecular complexity index is 966. The normalized spacial score (nSPS) is 11.4. The largest absolute Gasteiger partial charge is 0.490 e. The Morgan fingerprint density at radius 1 is 0.938 bits per heavy atom. The second-order valence-electron chi connectivity index (χ2n) is 6.71. The van der Waals surface area contributed by atoms with Crippen LogP contribution >= 0.6 is 24.0 Å². The third-order valence-corrected chi connectivity index (χ3v) is 5.26. The van der Waals surface area contributed by atoms with Crippen molar-refractivity contribution < 1.29 is 17.9 Å². The number of nitrogens with zero attached hydrogens (tertiary/aromatic N) is 1. The minimum absolute atomic E-state index is 0. The molecule has 32 heavy (non-hydrogen) atoms. The van der Waals surface area contributed by atoms with Gasteiger partial charge in [-0.3, -0.25) is 0 Å². The van der Waals surface area contributed by atoms with Crippen LogP contribution in [-0.4, -0.2) is 40.7 Å². The number of nitrogens with one attached hydrogen (secondary N) is 2. The third-order valence-electron chi connectivity index (χ3n) is 4.33. The number of hydrogen-bond donors (Lipinski definition) is 3. The number of halogens is 1. The van der Waals surface area contributed by atoms with Gasteiger partial charge in [0.15, 0.2) is 17.5 Å². The van der Waals surface area contributed by atoms with E-state index in [0.29, 0.717) is 32.3 Å². The number of hydrogen-bond acceptors (Lipinski definition) is 5. The van der Waals surface area contributed by atoms with Gasteiger partial charge >= 0.3 is 0 Å². The maximum atomic E-state index is 11.4. The molecule has 0 saturated heterocycles. The molecule has 0 spiro atoms. The fraction of sp³-hybridized carbons (Fsp3) is 0.409. The van der Waals surface area contributed by atoms with Crippen LogP contribution in [0.15, 0.2) is 52.4 Å². The van der Waals surface area contributed by atoms with Crippen molar-refractivity contribution in [2.45, 2.75) is 38.6 Å². The number of ether oxygens (including phenoxy) is 2.